The van der Waals surface area contributed by atoms with Crippen LogP contribution in [0.4, 0.5) is 5.82 Å². The van der Waals surface area contributed by atoms with Crippen LogP contribution in [0.1, 0.15) is 17.3 Å². The fourth-order valence-corrected chi connectivity index (χ4v) is 0.965. The van der Waals surface area contributed by atoms with Crippen molar-refractivity contribution in [3.63, 3.8) is 0 Å². The Balaban J connectivity index is 3.09. The topological polar surface area (TPSA) is 54.9 Å². The first-order valence-electron chi connectivity index (χ1n) is 3.49. The molecule has 0 aliphatic rings. The van der Waals surface area contributed by atoms with Crippen LogP contribution in [0.25, 0.3) is 0 Å². The van der Waals surface area contributed by atoms with Crippen molar-refractivity contribution in [1.82, 2.24) is 9.97 Å². The third-order valence-corrected chi connectivity index (χ3v) is 1.60. The predicted octanol–water partition coefficient (Wildman–Crippen LogP) is 1.37. The molecule has 0 saturated heterocycles. The number of carbonyl (C=O) groups excluding carboxylic acids is 1. The first-order valence-corrected chi connectivity index (χ1v) is 3.87. The van der Waals surface area contributed by atoms with Crippen molar-refractivity contribution in [2.24, 2.45) is 0 Å². The van der Waals surface area contributed by atoms with Gasteiger partial charge in [0.15, 0.2) is 6.29 Å². The first-order chi connectivity index (χ1) is 5.79. The first kappa shape index (κ1) is 8.93. The predicted molar refractivity (Wildman–Crippen MR) is 46.6 cm³/mol. The second-order valence-electron chi connectivity index (χ2n) is 2.07. The van der Waals surface area contributed by atoms with Crippen LogP contribution in [-0.2, 0) is 0 Å². The maximum Gasteiger partial charge on any atom is 0.156 e. The van der Waals surface area contributed by atoms with E-state index in [0.717, 1.165) is 0 Å². The fourth-order valence-electron chi connectivity index (χ4n) is 0.787. The SMILES string of the molecule is CCNc1ncnc(Cl)c1C=O. The summed E-state index contributed by atoms with van der Waals surface area (Å²) >= 11 is 5.64. The number of nitrogens with zero attached hydrogens (tertiary/aromatic N) is 2. The van der Waals surface area contributed by atoms with Crippen LogP contribution in [0.3, 0.4) is 0 Å². The van der Waals surface area contributed by atoms with E-state index in [2.05, 4.69) is 15.3 Å². The zero-order valence-corrected chi connectivity index (χ0v) is 7.30. The molecule has 4 nitrogen and oxygen atoms in total. The number of rotatable bonds is 3. The maximum absolute atomic E-state index is 10.5. The summed E-state index contributed by atoms with van der Waals surface area (Å²) in [4.78, 5) is 18.1. The molecule has 0 amide bonds. The van der Waals surface area contributed by atoms with E-state index in [0.29, 0.717) is 24.2 Å². The number of hydrogen-bond acceptors (Lipinski definition) is 4. The molecule has 5 heteroatoms. The van der Waals surface area contributed by atoms with Gasteiger partial charge in [0.05, 0.1) is 5.56 Å². The van der Waals surface area contributed by atoms with Gasteiger partial charge in [0.25, 0.3) is 0 Å². The third-order valence-electron chi connectivity index (χ3n) is 1.30. The smallest absolute Gasteiger partial charge is 0.156 e. The van der Waals surface area contributed by atoms with Crippen molar-refractivity contribution < 1.29 is 4.79 Å². The summed E-state index contributed by atoms with van der Waals surface area (Å²) in [5.74, 6) is 0.479. The third kappa shape index (κ3) is 1.71. The van der Waals surface area contributed by atoms with Gasteiger partial charge < -0.3 is 5.32 Å². The zero-order valence-electron chi connectivity index (χ0n) is 6.54. The van der Waals surface area contributed by atoms with Gasteiger partial charge in [-0.05, 0) is 6.92 Å². The van der Waals surface area contributed by atoms with E-state index in [1.165, 1.54) is 6.33 Å². The molecular formula is C7H8ClN3O. The Morgan fingerprint density at radius 2 is 2.42 bits per heavy atom. The van der Waals surface area contributed by atoms with Gasteiger partial charge in [0.1, 0.15) is 17.3 Å². The van der Waals surface area contributed by atoms with Crippen LogP contribution in [0.5, 0.6) is 0 Å². The van der Waals surface area contributed by atoms with Crippen LogP contribution >= 0.6 is 11.6 Å². The molecular weight excluding hydrogens is 178 g/mol. The van der Waals surface area contributed by atoms with Crippen molar-refractivity contribution in [2.45, 2.75) is 6.92 Å². The molecule has 64 valence electrons. The fraction of sp³-hybridized carbons (Fsp3) is 0.286. The Labute approximate surface area is 75.0 Å². The molecule has 0 spiro atoms. The van der Waals surface area contributed by atoms with Crippen molar-refractivity contribution in [3.8, 4) is 0 Å². The molecule has 0 unspecified atom stereocenters. The van der Waals surface area contributed by atoms with Gasteiger partial charge in [-0.25, -0.2) is 9.97 Å². The maximum atomic E-state index is 10.5. The summed E-state index contributed by atoms with van der Waals surface area (Å²) in [6, 6.07) is 0. The van der Waals surface area contributed by atoms with Crippen LogP contribution in [0.2, 0.25) is 5.15 Å². The average Bonchev–Trinajstić information content (AvgIpc) is 2.05. The lowest BCUT2D eigenvalue weighted by molar-refractivity contribution is 0.112. The quantitative estimate of drug-likeness (QED) is 0.571. The Morgan fingerprint density at radius 3 is 3.00 bits per heavy atom. The Bertz CT molecular complexity index is 290. The molecule has 0 aromatic carbocycles. The molecule has 12 heavy (non-hydrogen) atoms. The van der Waals surface area contributed by atoms with Gasteiger partial charge in [-0.2, -0.15) is 0 Å². The van der Waals surface area contributed by atoms with Crippen LogP contribution in [0.15, 0.2) is 6.33 Å². The molecule has 0 radical (unpaired) electrons. The number of hydrogen-bond donors (Lipinski definition) is 1. The average molecular weight is 186 g/mol. The van der Waals surface area contributed by atoms with Crippen molar-refractivity contribution in [3.05, 3.63) is 17.0 Å². The Kier molecular flexibility index (Phi) is 2.99. The van der Waals surface area contributed by atoms with Gasteiger partial charge >= 0.3 is 0 Å². The summed E-state index contributed by atoms with van der Waals surface area (Å²) in [6.45, 7) is 2.60. The number of aldehydes is 1. The highest BCUT2D eigenvalue weighted by atomic mass is 35.5. The van der Waals surface area contributed by atoms with Crippen LogP contribution in [-0.4, -0.2) is 22.8 Å². The van der Waals surface area contributed by atoms with E-state index >= 15 is 0 Å². The minimum Gasteiger partial charge on any atom is -0.370 e. The van der Waals surface area contributed by atoms with Gasteiger partial charge in [0, 0.05) is 6.54 Å². The lowest BCUT2D eigenvalue weighted by Gasteiger charge is -2.04. The molecule has 1 rings (SSSR count). The highest BCUT2D eigenvalue weighted by molar-refractivity contribution is 6.32. The Hall–Kier alpha value is -1.16. The number of halogens is 1. The van der Waals surface area contributed by atoms with Gasteiger partial charge in [-0.1, -0.05) is 11.6 Å². The molecule has 1 heterocycles. The normalized spacial score (nSPS) is 9.50. The lowest BCUT2D eigenvalue weighted by atomic mass is 10.3. The summed E-state index contributed by atoms with van der Waals surface area (Å²) in [5, 5.41) is 3.08. The second-order valence-corrected chi connectivity index (χ2v) is 2.43. The Morgan fingerprint density at radius 1 is 1.67 bits per heavy atom. The minimum absolute atomic E-state index is 0.177. The molecule has 0 aliphatic heterocycles. The molecule has 0 fully saturated rings. The molecule has 0 bridgehead atoms. The minimum atomic E-state index is 0.177. The number of carbonyl (C=O) groups is 1. The highest BCUT2D eigenvalue weighted by Crippen LogP contribution is 2.16. The summed E-state index contributed by atoms with van der Waals surface area (Å²) in [5.41, 5.74) is 0.306. The van der Waals surface area contributed by atoms with E-state index in [9.17, 15) is 4.79 Å². The summed E-state index contributed by atoms with van der Waals surface area (Å²) in [6.07, 6.45) is 1.95. The molecule has 1 aromatic rings. The number of aromatic nitrogens is 2. The second kappa shape index (κ2) is 4.01. The van der Waals surface area contributed by atoms with E-state index < -0.39 is 0 Å². The van der Waals surface area contributed by atoms with Crippen LogP contribution in [0, 0.1) is 0 Å². The zero-order chi connectivity index (χ0) is 8.97. The summed E-state index contributed by atoms with van der Waals surface area (Å²) < 4.78 is 0. The highest BCUT2D eigenvalue weighted by Gasteiger charge is 2.06. The largest absolute Gasteiger partial charge is 0.370 e. The van der Waals surface area contributed by atoms with Crippen LogP contribution < -0.4 is 5.32 Å². The molecule has 0 saturated carbocycles. The number of nitrogens with one attached hydrogen (secondary N) is 1. The molecule has 1 aromatic heterocycles. The van der Waals surface area contributed by atoms with Crippen molar-refractivity contribution in [1.29, 1.82) is 0 Å². The van der Waals surface area contributed by atoms with Crippen molar-refractivity contribution in [2.75, 3.05) is 11.9 Å². The van der Waals surface area contributed by atoms with E-state index in [-0.39, 0.29) is 5.15 Å². The van der Waals surface area contributed by atoms with Crippen molar-refractivity contribution >= 4 is 23.7 Å². The summed E-state index contributed by atoms with van der Waals surface area (Å²) in [7, 11) is 0. The molecule has 0 aliphatic carbocycles. The number of anilines is 1. The van der Waals surface area contributed by atoms with Gasteiger partial charge in [-0.3, -0.25) is 4.79 Å². The lowest BCUT2D eigenvalue weighted by Crippen LogP contribution is -2.04. The van der Waals surface area contributed by atoms with E-state index in [1.54, 1.807) is 0 Å². The molecule has 1 N–H and O–H groups in total. The van der Waals surface area contributed by atoms with Gasteiger partial charge in [-0.15, -0.1) is 0 Å². The van der Waals surface area contributed by atoms with E-state index in [1.807, 2.05) is 6.92 Å². The standard InChI is InChI=1S/C7H8ClN3O/c1-2-9-7-5(3-12)6(8)10-4-11-7/h3-4H,2H2,1H3,(H,9,10,11). The van der Waals surface area contributed by atoms with E-state index in [4.69, 9.17) is 11.6 Å². The van der Waals surface area contributed by atoms with Gasteiger partial charge in [0.2, 0.25) is 0 Å². The molecule has 0 atom stereocenters. The monoisotopic (exact) mass is 185 g/mol.